The average molecular weight is 427 g/mol. The van der Waals surface area contributed by atoms with Gasteiger partial charge in [-0.2, -0.15) is 5.26 Å². The van der Waals surface area contributed by atoms with Crippen molar-refractivity contribution in [3.63, 3.8) is 0 Å². The molecule has 7 heteroatoms. The lowest BCUT2D eigenvalue weighted by molar-refractivity contribution is -0.152. The molecule has 0 saturated carbocycles. The van der Waals surface area contributed by atoms with E-state index in [0.29, 0.717) is 18.7 Å². The number of carbonyl (C=O) groups is 2. The molecule has 2 aliphatic rings. The van der Waals surface area contributed by atoms with E-state index in [9.17, 15) is 9.59 Å². The van der Waals surface area contributed by atoms with Gasteiger partial charge in [0.2, 0.25) is 5.91 Å². The third kappa shape index (κ3) is 6.28. The highest BCUT2D eigenvalue weighted by atomic mass is 16.5. The van der Waals surface area contributed by atoms with E-state index >= 15 is 0 Å². The summed E-state index contributed by atoms with van der Waals surface area (Å²) in [6.45, 7) is 9.88. The molecule has 2 fully saturated rings. The lowest BCUT2D eigenvalue weighted by Gasteiger charge is -2.36. The molecular weight excluding hydrogens is 392 g/mol. The Balaban J connectivity index is 1.52. The maximum Gasteiger partial charge on any atom is 0.310 e. The first-order chi connectivity index (χ1) is 15.0. The van der Waals surface area contributed by atoms with Crippen molar-refractivity contribution in [3.05, 3.63) is 35.4 Å². The molecule has 0 aromatic heterocycles. The van der Waals surface area contributed by atoms with Crippen molar-refractivity contribution in [1.82, 2.24) is 14.7 Å². The number of nitrogens with zero attached hydrogens (tertiary/aromatic N) is 4. The standard InChI is InChI=1S/C24H34N4O3/c1-3-31-24(30)22-6-4-12-28(18-22)23(29)19(2)27-13-5-11-26(14-15-27)17-21-9-7-20(16-25)8-10-21/h7-10,19,22H,3-6,11-15,17-18H2,1-2H3. The summed E-state index contributed by atoms with van der Waals surface area (Å²) in [7, 11) is 0. The molecule has 0 bridgehead atoms. The van der Waals surface area contributed by atoms with E-state index in [2.05, 4.69) is 15.9 Å². The monoisotopic (exact) mass is 426 g/mol. The molecule has 2 unspecified atom stereocenters. The van der Waals surface area contributed by atoms with Crippen LogP contribution in [0.3, 0.4) is 0 Å². The number of ether oxygens (including phenoxy) is 1. The van der Waals surface area contributed by atoms with Crippen LogP contribution >= 0.6 is 0 Å². The first-order valence-electron chi connectivity index (χ1n) is 11.4. The van der Waals surface area contributed by atoms with E-state index in [1.807, 2.05) is 43.0 Å². The normalized spacial score (nSPS) is 21.7. The molecule has 31 heavy (non-hydrogen) atoms. The molecule has 168 valence electrons. The lowest BCUT2D eigenvalue weighted by atomic mass is 9.97. The van der Waals surface area contributed by atoms with Crippen LogP contribution in [-0.4, -0.2) is 78.5 Å². The van der Waals surface area contributed by atoms with Crippen molar-refractivity contribution in [3.8, 4) is 6.07 Å². The van der Waals surface area contributed by atoms with Gasteiger partial charge < -0.3 is 9.64 Å². The fourth-order valence-corrected chi connectivity index (χ4v) is 4.53. The zero-order chi connectivity index (χ0) is 22.2. The van der Waals surface area contributed by atoms with Crippen LogP contribution in [0.5, 0.6) is 0 Å². The second kappa shape index (κ2) is 11.3. The predicted octanol–water partition coefficient (Wildman–Crippen LogP) is 2.26. The molecular formula is C24H34N4O3. The van der Waals surface area contributed by atoms with E-state index in [1.54, 1.807) is 0 Å². The fraction of sp³-hybridized carbons (Fsp3) is 0.625. The van der Waals surface area contributed by atoms with Gasteiger partial charge >= 0.3 is 5.97 Å². The molecule has 1 aromatic rings. The average Bonchev–Trinajstić information content (AvgIpc) is 3.04. The Bertz CT molecular complexity index is 789. The highest BCUT2D eigenvalue weighted by Gasteiger charge is 2.33. The van der Waals surface area contributed by atoms with Crippen LogP contribution in [0.25, 0.3) is 0 Å². The quantitative estimate of drug-likeness (QED) is 0.650. The molecule has 0 spiro atoms. The van der Waals surface area contributed by atoms with E-state index in [1.165, 1.54) is 5.56 Å². The number of esters is 1. The maximum atomic E-state index is 13.2. The van der Waals surface area contributed by atoms with Crippen molar-refractivity contribution < 1.29 is 14.3 Å². The van der Waals surface area contributed by atoms with Crippen molar-refractivity contribution in [2.75, 3.05) is 45.9 Å². The minimum Gasteiger partial charge on any atom is -0.466 e. The number of carbonyl (C=O) groups excluding carboxylic acids is 2. The van der Waals surface area contributed by atoms with Gasteiger partial charge in [0.15, 0.2) is 0 Å². The molecule has 0 N–H and O–H groups in total. The smallest absolute Gasteiger partial charge is 0.310 e. The Hall–Kier alpha value is -2.43. The molecule has 1 aromatic carbocycles. The van der Waals surface area contributed by atoms with Gasteiger partial charge in [0.1, 0.15) is 0 Å². The molecule has 0 aliphatic carbocycles. The maximum absolute atomic E-state index is 13.2. The zero-order valence-corrected chi connectivity index (χ0v) is 18.8. The molecule has 2 saturated heterocycles. The van der Waals surface area contributed by atoms with Crippen molar-refractivity contribution >= 4 is 11.9 Å². The molecule has 2 heterocycles. The summed E-state index contributed by atoms with van der Waals surface area (Å²) in [5, 5.41) is 8.95. The molecule has 2 aliphatic heterocycles. The van der Waals surface area contributed by atoms with E-state index in [-0.39, 0.29) is 23.8 Å². The summed E-state index contributed by atoms with van der Waals surface area (Å²) in [5.41, 5.74) is 1.89. The zero-order valence-electron chi connectivity index (χ0n) is 18.8. The number of piperidine rings is 1. The van der Waals surface area contributed by atoms with Crippen LogP contribution in [-0.2, 0) is 20.9 Å². The summed E-state index contributed by atoms with van der Waals surface area (Å²) in [6, 6.07) is 9.73. The van der Waals surface area contributed by atoms with Crippen LogP contribution in [0.1, 0.15) is 44.2 Å². The van der Waals surface area contributed by atoms with Crippen LogP contribution in [0.2, 0.25) is 0 Å². The topological polar surface area (TPSA) is 76.9 Å². The van der Waals surface area contributed by atoms with Crippen molar-refractivity contribution in [2.45, 2.75) is 45.7 Å². The molecule has 3 rings (SSSR count). The summed E-state index contributed by atoms with van der Waals surface area (Å²) < 4.78 is 5.17. The Morgan fingerprint density at radius 3 is 2.61 bits per heavy atom. The van der Waals surface area contributed by atoms with Crippen molar-refractivity contribution in [1.29, 1.82) is 5.26 Å². The number of nitriles is 1. The highest BCUT2D eigenvalue weighted by molar-refractivity contribution is 5.82. The molecule has 7 nitrogen and oxygen atoms in total. The first kappa shape index (κ1) is 23.2. The number of likely N-dealkylation sites (tertiary alicyclic amines) is 1. The SMILES string of the molecule is CCOC(=O)C1CCCN(C(=O)C(C)N2CCCN(Cc3ccc(C#N)cc3)CC2)C1. The Morgan fingerprint density at radius 2 is 1.90 bits per heavy atom. The summed E-state index contributed by atoms with van der Waals surface area (Å²) >= 11 is 0. The van der Waals surface area contributed by atoms with Gasteiger partial charge in [-0.3, -0.25) is 19.4 Å². The second-order valence-corrected chi connectivity index (χ2v) is 8.53. The van der Waals surface area contributed by atoms with Gasteiger partial charge in [0.05, 0.1) is 30.2 Å². The number of hydrogen-bond acceptors (Lipinski definition) is 6. The van der Waals surface area contributed by atoms with Gasteiger partial charge in [-0.05, 0) is 57.4 Å². The first-order valence-corrected chi connectivity index (χ1v) is 11.4. The summed E-state index contributed by atoms with van der Waals surface area (Å²) in [5.74, 6) is -0.257. The van der Waals surface area contributed by atoms with Gasteiger partial charge in [-0.15, -0.1) is 0 Å². The number of rotatable bonds is 6. The minimum atomic E-state index is -0.197. The van der Waals surface area contributed by atoms with Crippen LogP contribution in [0, 0.1) is 17.2 Å². The second-order valence-electron chi connectivity index (χ2n) is 8.53. The van der Waals surface area contributed by atoms with Gasteiger partial charge in [0, 0.05) is 39.3 Å². The largest absolute Gasteiger partial charge is 0.466 e. The third-order valence-electron chi connectivity index (χ3n) is 6.37. The van der Waals surface area contributed by atoms with Crippen LogP contribution < -0.4 is 0 Å². The third-order valence-corrected chi connectivity index (χ3v) is 6.37. The molecule has 1 amide bonds. The fourth-order valence-electron chi connectivity index (χ4n) is 4.53. The van der Waals surface area contributed by atoms with E-state index in [0.717, 1.165) is 58.5 Å². The molecule has 0 radical (unpaired) electrons. The van der Waals surface area contributed by atoms with Gasteiger partial charge in [-0.25, -0.2) is 0 Å². The lowest BCUT2D eigenvalue weighted by Crippen LogP contribution is -2.51. The van der Waals surface area contributed by atoms with E-state index in [4.69, 9.17) is 10.00 Å². The van der Waals surface area contributed by atoms with E-state index < -0.39 is 0 Å². The molecule has 2 atom stereocenters. The van der Waals surface area contributed by atoms with Gasteiger partial charge in [-0.1, -0.05) is 12.1 Å². The minimum absolute atomic E-state index is 0.120. The Labute approximate surface area is 185 Å². The summed E-state index contributed by atoms with van der Waals surface area (Å²) in [4.78, 5) is 31.8. The Morgan fingerprint density at radius 1 is 1.13 bits per heavy atom. The number of amides is 1. The highest BCUT2D eigenvalue weighted by Crippen LogP contribution is 2.20. The summed E-state index contributed by atoms with van der Waals surface area (Å²) in [6.07, 6.45) is 2.66. The van der Waals surface area contributed by atoms with Gasteiger partial charge in [0.25, 0.3) is 0 Å². The van der Waals surface area contributed by atoms with Crippen LogP contribution in [0.4, 0.5) is 0 Å². The predicted molar refractivity (Wildman–Crippen MR) is 118 cm³/mol. The van der Waals surface area contributed by atoms with Crippen LogP contribution in [0.15, 0.2) is 24.3 Å². The Kier molecular flexibility index (Phi) is 8.44. The number of benzene rings is 1. The van der Waals surface area contributed by atoms with Crippen molar-refractivity contribution in [2.24, 2.45) is 5.92 Å². The number of hydrogen-bond donors (Lipinski definition) is 0.